The summed E-state index contributed by atoms with van der Waals surface area (Å²) in [5, 5.41) is 31.2. The van der Waals surface area contributed by atoms with Gasteiger partial charge in [0.25, 0.3) is 0 Å². The first-order valence-electron chi connectivity index (χ1n) is 9.54. The third kappa shape index (κ3) is 4.19. The molecule has 3 rings (SSSR count). The summed E-state index contributed by atoms with van der Waals surface area (Å²) >= 11 is 0. The molecule has 0 bridgehead atoms. The van der Waals surface area contributed by atoms with Gasteiger partial charge in [-0.1, -0.05) is 55.8 Å². The molecule has 3 unspecified atom stereocenters. The minimum Gasteiger partial charge on any atom is -0.507 e. The molecule has 3 heteroatoms. The lowest BCUT2D eigenvalue weighted by atomic mass is 9.69. The number of hydrogen-bond donors (Lipinski definition) is 3. The second kappa shape index (κ2) is 7.91. The highest BCUT2D eigenvalue weighted by molar-refractivity contribution is 5.74. The van der Waals surface area contributed by atoms with E-state index >= 15 is 0 Å². The summed E-state index contributed by atoms with van der Waals surface area (Å²) in [6.07, 6.45) is 6.66. The molecule has 2 aromatic carbocycles. The van der Waals surface area contributed by atoms with Crippen LogP contribution in [0.4, 0.5) is 0 Å². The number of phenolic OH excluding ortho intramolecular Hbond substituents is 3. The van der Waals surface area contributed by atoms with Crippen molar-refractivity contribution in [1.82, 2.24) is 0 Å². The van der Waals surface area contributed by atoms with Crippen LogP contribution < -0.4 is 0 Å². The average Bonchev–Trinajstić information content (AvgIpc) is 2.60. The van der Waals surface area contributed by atoms with E-state index in [4.69, 9.17) is 0 Å². The topological polar surface area (TPSA) is 60.7 Å². The minimum atomic E-state index is 0.0856. The fraction of sp³-hybridized carbons (Fsp3) is 0.333. The molecule has 0 spiro atoms. The van der Waals surface area contributed by atoms with E-state index in [9.17, 15) is 15.3 Å². The van der Waals surface area contributed by atoms with Crippen LogP contribution in [0.15, 0.2) is 48.6 Å². The maximum atomic E-state index is 10.7. The van der Waals surface area contributed by atoms with Crippen molar-refractivity contribution in [3.63, 3.8) is 0 Å². The molecule has 1 saturated carbocycles. The Morgan fingerprint density at radius 3 is 2.30 bits per heavy atom. The van der Waals surface area contributed by atoms with E-state index < -0.39 is 0 Å². The van der Waals surface area contributed by atoms with Crippen molar-refractivity contribution < 1.29 is 15.3 Å². The number of allylic oxidation sites excluding steroid dienone is 1. The minimum absolute atomic E-state index is 0.0856. The van der Waals surface area contributed by atoms with E-state index in [1.807, 2.05) is 13.0 Å². The maximum absolute atomic E-state index is 10.7. The second-order valence-electron chi connectivity index (χ2n) is 7.84. The van der Waals surface area contributed by atoms with Crippen LogP contribution in [-0.2, 0) is 0 Å². The molecular formula is C24H28O3. The van der Waals surface area contributed by atoms with Crippen molar-refractivity contribution >= 4 is 12.2 Å². The van der Waals surface area contributed by atoms with Gasteiger partial charge in [-0.15, -0.1) is 0 Å². The van der Waals surface area contributed by atoms with Gasteiger partial charge < -0.3 is 15.3 Å². The van der Waals surface area contributed by atoms with E-state index in [0.717, 1.165) is 24.8 Å². The maximum Gasteiger partial charge on any atom is 0.123 e. The summed E-state index contributed by atoms with van der Waals surface area (Å²) in [6, 6.07) is 10.4. The van der Waals surface area contributed by atoms with Gasteiger partial charge in [-0.05, 0) is 61.3 Å². The number of para-hydroxylation sites is 1. The average molecular weight is 364 g/mol. The molecule has 3 nitrogen and oxygen atoms in total. The highest BCUT2D eigenvalue weighted by Gasteiger charge is 2.33. The lowest BCUT2D eigenvalue weighted by Gasteiger charge is -2.36. The summed E-state index contributed by atoms with van der Waals surface area (Å²) in [5.74, 6) is 1.36. The van der Waals surface area contributed by atoms with Gasteiger partial charge in [0.2, 0.25) is 0 Å². The Kier molecular flexibility index (Phi) is 5.59. The van der Waals surface area contributed by atoms with Crippen LogP contribution in [-0.4, -0.2) is 15.3 Å². The van der Waals surface area contributed by atoms with Crippen LogP contribution in [0, 0.1) is 11.8 Å². The van der Waals surface area contributed by atoms with Gasteiger partial charge in [0, 0.05) is 11.1 Å². The number of rotatable bonds is 4. The summed E-state index contributed by atoms with van der Waals surface area (Å²) in [4.78, 5) is 0. The smallest absolute Gasteiger partial charge is 0.123 e. The molecule has 142 valence electrons. The molecule has 0 aromatic heterocycles. The Morgan fingerprint density at radius 2 is 1.67 bits per heavy atom. The summed E-state index contributed by atoms with van der Waals surface area (Å²) in [5.41, 5.74) is 3.11. The fourth-order valence-electron chi connectivity index (χ4n) is 4.22. The Labute approximate surface area is 161 Å². The zero-order valence-electron chi connectivity index (χ0n) is 16.0. The van der Waals surface area contributed by atoms with Crippen molar-refractivity contribution in [3.8, 4) is 17.2 Å². The third-order valence-electron chi connectivity index (χ3n) is 5.67. The van der Waals surface area contributed by atoms with Crippen molar-refractivity contribution in [2.24, 2.45) is 11.8 Å². The van der Waals surface area contributed by atoms with Crippen LogP contribution in [0.3, 0.4) is 0 Å². The number of benzene rings is 2. The molecule has 27 heavy (non-hydrogen) atoms. The summed E-state index contributed by atoms with van der Waals surface area (Å²) in [6.45, 7) is 8.38. The standard InChI is InChI=1S/C24H28O3/c1-15(2)19-11-8-16(3)12-20(19)24-22(26)13-17(14-23(24)27)9-10-18-6-4-5-7-21(18)25/h4-7,9-10,13-14,16,19-20,25-27H,1,8,11-12H2,2-3H3. The molecule has 0 aliphatic heterocycles. The Hall–Kier alpha value is -2.68. The Morgan fingerprint density at radius 1 is 1.00 bits per heavy atom. The van der Waals surface area contributed by atoms with E-state index in [-0.39, 0.29) is 29.1 Å². The molecule has 3 N–H and O–H groups in total. The molecular weight excluding hydrogens is 336 g/mol. The van der Waals surface area contributed by atoms with Crippen molar-refractivity contribution in [1.29, 1.82) is 0 Å². The van der Waals surface area contributed by atoms with Gasteiger partial charge in [0.1, 0.15) is 17.2 Å². The number of hydrogen-bond acceptors (Lipinski definition) is 3. The first-order chi connectivity index (χ1) is 12.9. The highest BCUT2D eigenvalue weighted by atomic mass is 16.3. The quantitative estimate of drug-likeness (QED) is 0.456. The van der Waals surface area contributed by atoms with Crippen molar-refractivity contribution in [3.05, 3.63) is 65.2 Å². The predicted molar refractivity (Wildman–Crippen MR) is 111 cm³/mol. The first kappa shape index (κ1) is 19.1. The zero-order chi connectivity index (χ0) is 19.6. The number of phenols is 3. The van der Waals surface area contributed by atoms with E-state index in [2.05, 4.69) is 13.5 Å². The molecule has 3 atom stereocenters. The lowest BCUT2D eigenvalue weighted by Crippen LogP contribution is -2.23. The van der Waals surface area contributed by atoms with Gasteiger partial charge in [0.15, 0.2) is 0 Å². The second-order valence-corrected chi connectivity index (χ2v) is 7.84. The first-order valence-corrected chi connectivity index (χ1v) is 9.54. The predicted octanol–water partition coefficient (Wildman–Crippen LogP) is 6.07. The monoisotopic (exact) mass is 364 g/mol. The summed E-state index contributed by atoms with van der Waals surface area (Å²) in [7, 11) is 0. The van der Waals surface area contributed by atoms with Crippen LogP contribution in [0.1, 0.15) is 55.7 Å². The molecule has 2 aromatic rings. The molecule has 0 heterocycles. The van der Waals surface area contributed by atoms with Gasteiger partial charge in [0.05, 0.1) is 0 Å². The van der Waals surface area contributed by atoms with Gasteiger partial charge in [-0.2, -0.15) is 0 Å². The van der Waals surface area contributed by atoms with E-state index in [1.165, 1.54) is 0 Å². The largest absolute Gasteiger partial charge is 0.507 e. The molecule has 0 amide bonds. The summed E-state index contributed by atoms with van der Waals surface area (Å²) < 4.78 is 0. The highest BCUT2D eigenvalue weighted by Crippen LogP contribution is 2.49. The molecule has 0 saturated heterocycles. The third-order valence-corrected chi connectivity index (χ3v) is 5.67. The van der Waals surface area contributed by atoms with Crippen LogP contribution in [0.25, 0.3) is 12.2 Å². The molecule has 1 aliphatic carbocycles. The van der Waals surface area contributed by atoms with Crippen LogP contribution in [0.5, 0.6) is 17.2 Å². The van der Waals surface area contributed by atoms with Crippen molar-refractivity contribution in [2.75, 3.05) is 0 Å². The van der Waals surface area contributed by atoms with Gasteiger partial charge >= 0.3 is 0 Å². The normalized spacial score (nSPS) is 22.8. The zero-order valence-corrected chi connectivity index (χ0v) is 16.0. The molecule has 1 fully saturated rings. The number of aromatic hydroxyl groups is 3. The van der Waals surface area contributed by atoms with Crippen molar-refractivity contribution in [2.45, 2.75) is 39.0 Å². The molecule has 1 aliphatic rings. The van der Waals surface area contributed by atoms with Crippen LogP contribution in [0.2, 0.25) is 0 Å². The lowest BCUT2D eigenvalue weighted by molar-refractivity contribution is 0.267. The van der Waals surface area contributed by atoms with Gasteiger partial charge in [-0.25, -0.2) is 0 Å². The van der Waals surface area contributed by atoms with E-state index in [0.29, 0.717) is 22.6 Å². The SMILES string of the molecule is C=C(C)C1CCC(C)CC1c1c(O)cc(C=Cc2ccccc2O)cc1O. The Bertz CT molecular complexity index is 843. The van der Waals surface area contributed by atoms with Crippen LogP contribution >= 0.6 is 0 Å². The van der Waals surface area contributed by atoms with Gasteiger partial charge in [-0.3, -0.25) is 0 Å². The molecule has 0 radical (unpaired) electrons. The van der Waals surface area contributed by atoms with E-state index in [1.54, 1.807) is 42.5 Å². The fourth-order valence-corrected chi connectivity index (χ4v) is 4.22. The Balaban J connectivity index is 1.93.